The fraction of sp³-hybridized carbons (Fsp3) is 0.538. The summed E-state index contributed by atoms with van der Waals surface area (Å²) in [5, 5.41) is 8.59. The topological polar surface area (TPSA) is 66.4 Å². The average molecular weight is 301 g/mol. The van der Waals surface area contributed by atoms with Crippen LogP contribution in [0.15, 0.2) is 12.1 Å². The zero-order chi connectivity index (χ0) is 14.5. The van der Waals surface area contributed by atoms with Gasteiger partial charge in [0.25, 0.3) is 0 Å². The lowest BCUT2D eigenvalue weighted by Gasteiger charge is -2.18. The molecular weight excluding hydrogens is 282 g/mol. The first-order valence-corrected chi connectivity index (χ1v) is 8.34. The zero-order valence-corrected chi connectivity index (χ0v) is 13.0. The molecule has 0 saturated heterocycles. The lowest BCUT2D eigenvalue weighted by molar-refractivity contribution is 0.350. The summed E-state index contributed by atoms with van der Waals surface area (Å²) in [5.41, 5.74) is -0.265. The standard InChI is InChI=1S/C13H19NO3S2/c1-13(2,3)10-19(16,17)14-9-12-7-6-11(18-12)5-4-8-15/h6-7,14-15H,8-10H2,1-3H3. The molecule has 1 heterocycles. The maximum atomic E-state index is 11.8. The van der Waals surface area contributed by atoms with Gasteiger partial charge in [0.05, 0.1) is 10.6 Å². The Kier molecular flexibility index (Phi) is 5.56. The van der Waals surface area contributed by atoms with E-state index in [9.17, 15) is 8.42 Å². The summed E-state index contributed by atoms with van der Waals surface area (Å²) in [5.74, 6) is 5.45. The molecule has 0 aromatic carbocycles. The molecule has 6 heteroatoms. The molecule has 106 valence electrons. The van der Waals surface area contributed by atoms with Crippen molar-refractivity contribution in [1.82, 2.24) is 4.72 Å². The SMILES string of the molecule is CC(C)(C)CS(=O)(=O)NCc1ccc(C#CCO)s1. The minimum absolute atomic E-state index is 0.0998. The van der Waals surface area contributed by atoms with Crippen LogP contribution in [0.3, 0.4) is 0 Å². The van der Waals surface area contributed by atoms with E-state index in [-0.39, 0.29) is 24.3 Å². The normalized spacial score (nSPS) is 12.0. The van der Waals surface area contributed by atoms with Crippen LogP contribution >= 0.6 is 11.3 Å². The number of sulfonamides is 1. The summed E-state index contributed by atoms with van der Waals surface area (Å²) in [6, 6.07) is 3.66. The molecule has 0 aliphatic carbocycles. The molecule has 0 saturated carbocycles. The number of aliphatic hydroxyl groups excluding tert-OH is 1. The largest absolute Gasteiger partial charge is 0.384 e. The van der Waals surface area contributed by atoms with Gasteiger partial charge in [-0.2, -0.15) is 0 Å². The predicted octanol–water partition coefficient (Wildman–Crippen LogP) is 1.56. The van der Waals surface area contributed by atoms with Crippen molar-refractivity contribution in [3.05, 3.63) is 21.9 Å². The molecule has 1 rings (SSSR count). The molecule has 2 N–H and O–H groups in total. The lowest BCUT2D eigenvalue weighted by atomic mass is 10.0. The molecule has 19 heavy (non-hydrogen) atoms. The van der Waals surface area contributed by atoms with Crippen molar-refractivity contribution in [3.63, 3.8) is 0 Å². The van der Waals surface area contributed by atoms with Crippen molar-refractivity contribution in [2.45, 2.75) is 27.3 Å². The van der Waals surface area contributed by atoms with E-state index in [0.29, 0.717) is 0 Å². The number of rotatable bonds is 4. The molecule has 0 fully saturated rings. The number of aliphatic hydroxyl groups is 1. The van der Waals surface area contributed by atoms with E-state index in [1.165, 1.54) is 11.3 Å². The Morgan fingerprint density at radius 1 is 1.37 bits per heavy atom. The molecule has 0 spiro atoms. The van der Waals surface area contributed by atoms with E-state index < -0.39 is 10.0 Å². The number of hydrogen-bond donors (Lipinski definition) is 2. The fourth-order valence-corrected chi connectivity index (χ4v) is 4.00. The molecule has 0 amide bonds. The Bertz CT molecular complexity index is 571. The Hall–Kier alpha value is -0.870. The highest BCUT2D eigenvalue weighted by molar-refractivity contribution is 7.89. The molecule has 1 aromatic heterocycles. The summed E-state index contributed by atoms with van der Waals surface area (Å²) in [6.07, 6.45) is 0. The first-order valence-electron chi connectivity index (χ1n) is 5.88. The van der Waals surface area contributed by atoms with Crippen LogP contribution in [0.5, 0.6) is 0 Å². The van der Waals surface area contributed by atoms with Crippen LogP contribution in [0, 0.1) is 17.3 Å². The van der Waals surface area contributed by atoms with E-state index in [2.05, 4.69) is 16.6 Å². The van der Waals surface area contributed by atoms with Gasteiger partial charge in [-0.15, -0.1) is 11.3 Å². The van der Waals surface area contributed by atoms with Crippen LogP contribution < -0.4 is 4.72 Å². The molecule has 0 atom stereocenters. The highest BCUT2D eigenvalue weighted by Gasteiger charge is 2.21. The summed E-state index contributed by atoms with van der Waals surface area (Å²) < 4.78 is 26.2. The molecule has 0 aliphatic rings. The third kappa shape index (κ3) is 6.73. The minimum Gasteiger partial charge on any atom is -0.384 e. The van der Waals surface area contributed by atoms with E-state index in [1.807, 2.05) is 32.9 Å². The molecule has 0 unspecified atom stereocenters. The number of hydrogen-bond acceptors (Lipinski definition) is 4. The Morgan fingerprint density at radius 3 is 2.63 bits per heavy atom. The zero-order valence-electron chi connectivity index (χ0n) is 11.4. The van der Waals surface area contributed by atoms with Crippen molar-refractivity contribution in [3.8, 4) is 11.8 Å². The third-order valence-electron chi connectivity index (χ3n) is 2.04. The van der Waals surface area contributed by atoms with Crippen LogP contribution in [-0.4, -0.2) is 25.9 Å². The molecule has 4 nitrogen and oxygen atoms in total. The van der Waals surface area contributed by atoms with Gasteiger partial charge in [-0.05, 0) is 17.5 Å². The average Bonchev–Trinajstić information content (AvgIpc) is 2.68. The van der Waals surface area contributed by atoms with Crippen molar-refractivity contribution in [2.24, 2.45) is 5.41 Å². The first-order chi connectivity index (χ1) is 8.72. The monoisotopic (exact) mass is 301 g/mol. The van der Waals surface area contributed by atoms with E-state index in [0.717, 1.165) is 9.75 Å². The van der Waals surface area contributed by atoms with E-state index in [1.54, 1.807) is 0 Å². The Morgan fingerprint density at radius 2 is 2.05 bits per heavy atom. The van der Waals surface area contributed by atoms with Crippen LogP contribution in [-0.2, 0) is 16.6 Å². The predicted molar refractivity (Wildman–Crippen MR) is 78.4 cm³/mol. The van der Waals surface area contributed by atoms with Crippen LogP contribution in [0.4, 0.5) is 0 Å². The molecule has 1 aromatic rings. The third-order valence-corrected chi connectivity index (χ3v) is 4.87. The quantitative estimate of drug-likeness (QED) is 0.829. The van der Waals surface area contributed by atoms with E-state index in [4.69, 9.17) is 5.11 Å². The molecular formula is C13H19NO3S2. The van der Waals surface area contributed by atoms with Gasteiger partial charge in [0.2, 0.25) is 10.0 Å². The number of thiophene rings is 1. The second-order valence-corrected chi connectivity index (χ2v) is 8.34. The van der Waals surface area contributed by atoms with Gasteiger partial charge < -0.3 is 5.11 Å². The van der Waals surface area contributed by atoms with Crippen molar-refractivity contribution < 1.29 is 13.5 Å². The van der Waals surface area contributed by atoms with Gasteiger partial charge in [-0.1, -0.05) is 32.6 Å². The van der Waals surface area contributed by atoms with Crippen LogP contribution in [0.2, 0.25) is 0 Å². The smallest absolute Gasteiger partial charge is 0.212 e. The van der Waals surface area contributed by atoms with Crippen molar-refractivity contribution in [1.29, 1.82) is 0 Å². The first kappa shape index (κ1) is 16.2. The van der Waals surface area contributed by atoms with Crippen LogP contribution in [0.25, 0.3) is 0 Å². The molecule has 0 bridgehead atoms. The molecule has 0 radical (unpaired) electrons. The van der Waals surface area contributed by atoms with Crippen molar-refractivity contribution >= 4 is 21.4 Å². The summed E-state index contributed by atoms with van der Waals surface area (Å²) in [4.78, 5) is 1.72. The Balaban J connectivity index is 2.60. The number of nitrogens with one attached hydrogen (secondary N) is 1. The highest BCUT2D eigenvalue weighted by atomic mass is 32.2. The highest BCUT2D eigenvalue weighted by Crippen LogP contribution is 2.18. The van der Waals surface area contributed by atoms with Gasteiger partial charge in [-0.25, -0.2) is 13.1 Å². The summed E-state index contributed by atoms with van der Waals surface area (Å²) >= 11 is 1.42. The lowest BCUT2D eigenvalue weighted by Crippen LogP contribution is -2.31. The summed E-state index contributed by atoms with van der Waals surface area (Å²) in [6.45, 7) is 5.77. The fourth-order valence-electron chi connectivity index (χ4n) is 1.47. The van der Waals surface area contributed by atoms with Gasteiger partial charge in [0, 0.05) is 11.4 Å². The minimum atomic E-state index is -3.26. The maximum absolute atomic E-state index is 11.8. The maximum Gasteiger partial charge on any atom is 0.212 e. The van der Waals surface area contributed by atoms with Gasteiger partial charge in [-0.3, -0.25) is 0 Å². The second-order valence-electron chi connectivity index (χ2n) is 5.37. The van der Waals surface area contributed by atoms with E-state index >= 15 is 0 Å². The van der Waals surface area contributed by atoms with Gasteiger partial charge in [0.15, 0.2) is 0 Å². The van der Waals surface area contributed by atoms with Gasteiger partial charge in [0.1, 0.15) is 6.61 Å². The second kappa shape index (κ2) is 6.53. The Labute approximate surface area is 118 Å². The van der Waals surface area contributed by atoms with Crippen molar-refractivity contribution in [2.75, 3.05) is 12.4 Å². The van der Waals surface area contributed by atoms with Crippen LogP contribution in [0.1, 0.15) is 30.5 Å². The van der Waals surface area contributed by atoms with Gasteiger partial charge >= 0.3 is 0 Å². The molecule has 0 aliphatic heterocycles. The summed E-state index contributed by atoms with van der Waals surface area (Å²) in [7, 11) is -3.26.